The largest absolute Gasteiger partial charge is 0.497 e. The molecule has 0 saturated heterocycles. The van der Waals surface area contributed by atoms with Gasteiger partial charge in [0.15, 0.2) is 5.78 Å². The van der Waals surface area contributed by atoms with Crippen LogP contribution in [-0.2, 0) is 0 Å². The summed E-state index contributed by atoms with van der Waals surface area (Å²) in [5.74, 6) is -0.0440. The highest BCUT2D eigenvalue weighted by Gasteiger charge is 2.30. The van der Waals surface area contributed by atoms with Gasteiger partial charge < -0.3 is 14.8 Å². The van der Waals surface area contributed by atoms with Gasteiger partial charge in [0.2, 0.25) is 0 Å². The Kier molecular flexibility index (Phi) is 4.77. The molecule has 0 unspecified atom stereocenters. The summed E-state index contributed by atoms with van der Waals surface area (Å²) < 4.78 is 5.18. The van der Waals surface area contributed by atoms with Crippen molar-refractivity contribution in [2.24, 2.45) is 0 Å². The number of nitrogens with one attached hydrogen (secondary N) is 1. The Morgan fingerprint density at radius 3 is 2.29 bits per heavy atom. The number of rotatable bonds is 6. The minimum Gasteiger partial charge on any atom is -0.497 e. The zero-order valence-corrected chi connectivity index (χ0v) is 13.3. The van der Waals surface area contributed by atoms with Crippen molar-refractivity contribution in [3.63, 3.8) is 0 Å². The second kappa shape index (κ2) is 7.15. The van der Waals surface area contributed by atoms with E-state index >= 15 is 0 Å². The minimum absolute atomic E-state index is 0.300. The summed E-state index contributed by atoms with van der Waals surface area (Å²) in [7, 11) is 1.60. The normalized spacial score (nSPS) is 13.2. The molecule has 3 aromatic rings. The van der Waals surface area contributed by atoms with E-state index in [4.69, 9.17) is 4.74 Å². The van der Waals surface area contributed by atoms with Crippen molar-refractivity contribution in [3.8, 4) is 5.75 Å². The molecule has 0 radical (unpaired) electrons. The van der Waals surface area contributed by atoms with E-state index in [9.17, 15) is 9.90 Å². The molecule has 0 aliphatic carbocycles. The van der Waals surface area contributed by atoms with Gasteiger partial charge in [-0.3, -0.25) is 4.79 Å². The maximum atomic E-state index is 12.7. The summed E-state index contributed by atoms with van der Waals surface area (Å²) in [5, 5.41) is 10.8. The fourth-order valence-electron chi connectivity index (χ4n) is 2.81. The molecule has 24 heavy (non-hydrogen) atoms. The van der Waals surface area contributed by atoms with Gasteiger partial charge in [-0.2, -0.15) is 0 Å². The SMILES string of the molecule is COc1ccc([C@@H](c2ccc[nH]2)[C@H](O)C(=O)c2ccccc2)cc1. The average molecular weight is 321 g/mol. The van der Waals surface area contributed by atoms with Crippen molar-refractivity contribution in [2.75, 3.05) is 7.11 Å². The van der Waals surface area contributed by atoms with E-state index in [1.54, 1.807) is 37.6 Å². The van der Waals surface area contributed by atoms with Gasteiger partial charge in [0.25, 0.3) is 0 Å². The van der Waals surface area contributed by atoms with Crippen LogP contribution in [0.5, 0.6) is 5.75 Å². The number of benzene rings is 2. The quantitative estimate of drug-likeness (QED) is 0.684. The monoisotopic (exact) mass is 321 g/mol. The summed E-state index contributed by atoms with van der Waals surface area (Å²) in [6.07, 6.45) is 0.602. The van der Waals surface area contributed by atoms with Crippen molar-refractivity contribution < 1.29 is 14.6 Å². The Morgan fingerprint density at radius 2 is 1.71 bits per heavy atom. The van der Waals surface area contributed by atoms with Crippen LogP contribution in [0.25, 0.3) is 0 Å². The van der Waals surface area contributed by atoms with Crippen LogP contribution in [0.15, 0.2) is 72.9 Å². The standard InChI is InChI=1S/C20H19NO3/c1-24-16-11-9-14(10-12-16)18(17-8-5-13-21-17)20(23)19(22)15-6-3-2-4-7-15/h2-13,18,20-21,23H,1H3/t18-,20-/m0/s1. The number of hydrogen-bond donors (Lipinski definition) is 2. The van der Waals surface area contributed by atoms with E-state index in [-0.39, 0.29) is 5.78 Å². The molecule has 0 aliphatic heterocycles. The van der Waals surface area contributed by atoms with E-state index < -0.39 is 12.0 Å². The number of aromatic nitrogens is 1. The van der Waals surface area contributed by atoms with Gasteiger partial charge in [-0.1, -0.05) is 42.5 Å². The highest BCUT2D eigenvalue weighted by molar-refractivity contribution is 6.00. The second-order valence-electron chi connectivity index (χ2n) is 5.55. The first-order valence-corrected chi connectivity index (χ1v) is 7.75. The molecule has 0 spiro atoms. The molecule has 2 atom stereocenters. The van der Waals surface area contributed by atoms with Gasteiger partial charge in [0, 0.05) is 17.5 Å². The van der Waals surface area contributed by atoms with Crippen molar-refractivity contribution in [1.29, 1.82) is 0 Å². The van der Waals surface area contributed by atoms with Crippen LogP contribution in [0.2, 0.25) is 0 Å². The first-order valence-electron chi connectivity index (χ1n) is 7.75. The third kappa shape index (κ3) is 3.24. The molecule has 0 amide bonds. The van der Waals surface area contributed by atoms with Crippen molar-refractivity contribution in [2.45, 2.75) is 12.0 Å². The first kappa shape index (κ1) is 16.0. The zero-order chi connectivity index (χ0) is 16.9. The third-order valence-corrected chi connectivity index (χ3v) is 4.07. The molecule has 122 valence electrons. The summed E-state index contributed by atoms with van der Waals surface area (Å²) in [5.41, 5.74) is 2.13. The molecule has 1 heterocycles. The van der Waals surface area contributed by atoms with E-state index in [1.807, 2.05) is 42.5 Å². The van der Waals surface area contributed by atoms with Crippen molar-refractivity contribution in [1.82, 2.24) is 4.98 Å². The van der Waals surface area contributed by atoms with Crippen LogP contribution in [0.1, 0.15) is 27.5 Å². The number of ether oxygens (including phenoxy) is 1. The van der Waals surface area contributed by atoms with Crippen LogP contribution < -0.4 is 4.74 Å². The molecule has 0 aliphatic rings. The Hall–Kier alpha value is -2.85. The molecular formula is C20H19NO3. The van der Waals surface area contributed by atoms with E-state index in [1.165, 1.54) is 0 Å². The van der Waals surface area contributed by atoms with Gasteiger partial charge in [0.1, 0.15) is 11.9 Å². The second-order valence-corrected chi connectivity index (χ2v) is 5.55. The molecule has 0 saturated carbocycles. The highest BCUT2D eigenvalue weighted by Crippen LogP contribution is 2.30. The van der Waals surface area contributed by atoms with Gasteiger partial charge in [0.05, 0.1) is 13.0 Å². The van der Waals surface area contributed by atoms with E-state index in [0.717, 1.165) is 17.0 Å². The number of hydrogen-bond acceptors (Lipinski definition) is 3. The lowest BCUT2D eigenvalue weighted by Crippen LogP contribution is -2.29. The van der Waals surface area contributed by atoms with E-state index in [0.29, 0.717) is 5.56 Å². The van der Waals surface area contributed by atoms with Crippen molar-refractivity contribution in [3.05, 3.63) is 89.7 Å². The molecule has 1 aromatic heterocycles. The van der Waals surface area contributed by atoms with E-state index in [2.05, 4.69) is 4.98 Å². The fourth-order valence-corrected chi connectivity index (χ4v) is 2.81. The molecule has 0 fully saturated rings. The Morgan fingerprint density at radius 1 is 1.00 bits per heavy atom. The number of carbonyl (C=O) groups excluding carboxylic acids is 1. The summed E-state index contributed by atoms with van der Waals surface area (Å²) >= 11 is 0. The van der Waals surface area contributed by atoms with Crippen LogP contribution in [0.4, 0.5) is 0 Å². The number of carbonyl (C=O) groups is 1. The maximum Gasteiger partial charge on any atom is 0.192 e. The molecule has 4 heteroatoms. The number of Topliss-reactive ketones (excluding diaryl/α,β-unsaturated/α-hetero) is 1. The first-order chi connectivity index (χ1) is 11.7. The minimum atomic E-state index is -1.18. The lowest BCUT2D eigenvalue weighted by Gasteiger charge is -2.22. The van der Waals surface area contributed by atoms with Crippen LogP contribution in [0, 0.1) is 0 Å². The summed E-state index contributed by atoms with van der Waals surface area (Å²) in [6, 6.07) is 20.0. The van der Waals surface area contributed by atoms with Crippen molar-refractivity contribution >= 4 is 5.78 Å². The predicted octanol–water partition coefficient (Wildman–Crippen LogP) is 3.40. The van der Waals surface area contributed by atoms with Crippen LogP contribution >= 0.6 is 0 Å². The molecule has 0 bridgehead atoms. The molecule has 4 nitrogen and oxygen atoms in total. The third-order valence-electron chi connectivity index (χ3n) is 4.07. The maximum absolute atomic E-state index is 12.7. The fraction of sp³-hybridized carbons (Fsp3) is 0.150. The number of H-pyrrole nitrogens is 1. The zero-order valence-electron chi connectivity index (χ0n) is 13.3. The van der Waals surface area contributed by atoms with Gasteiger partial charge in [-0.15, -0.1) is 0 Å². The average Bonchev–Trinajstić information content (AvgIpc) is 3.16. The summed E-state index contributed by atoms with van der Waals surface area (Å²) in [4.78, 5) is 15.8. The predicted molar refractivity (Wildman–Crippen MR) is 92.4 cm³/mol. The lowest BCUT2D eigenvalue weighted by atomic mass is 9.86. The lowest BCUT2D eigenvalue weighted by molar-refractivity contribution is 0.0713. The molecular weight excluding hydrogens is 302 g/mol. The van der Waals surface area contributed by atoms with Gasteiger partial charge in [-0.25, -0.2) is 0 Å². The number of aromatic amines is 1. The van der Waals surface area contributed by atoms with Gasteiger partial charge >= 0.3 is 0 Å². The summed E-state index contributed by atoms with van der Waals surface area (Å²) in [6.45, 7) is 0. The number of aliphatic hydroxyl groups excluding tert-OH is 1. The van der Waals surface area contributed by atoms with Crippen LogP contribution in [-0.4, -0.2) is 29.1 Å². The van der Waals surface area contributed by atoms with Crippen LogP contribution in [0.3, 0.4) is 0 Å². The number of ketones is 1. The number of methoxy groups -OCH3 is 1. The topological polar surface area (TPSA) is 62.3 Å². The smallest absolute Gasteiger partial charge is 0.192 e. The van der Waals surface area contributed by atoms with Gasteiger partial charge in [-0.05, 0) is 29.8 Å². The highest BCUT2D eigenvalue weighted by atomic mass is 16.5. The molecule has 3 rings (SSSR count). The number of aliphatic hydroxyl groups is 1. The Labute approximate surface area is 140 Å². The Bertz CT molecular complexity index is 780. The molecule has 2 N–H and O–H groups in total. The Balaban J connectivity index is 1.97. The molecule has 2 aromatic carbocycles.